The summed E-state index contributed by atoms with van der Waals surface area (Å²) < 4.78 is 0. The molecule has 0 spiro atoms. The number of hydrogen-bond acceptors (Lipinski definition) is 7. The molecule has 0 unspecified atom stereocenters. The quantitative estimate of drug-likeness (QED) is 0.371. The third-order valence-corrected chi connectivity index (χ3v) is 4.58. The van der Waals surface area contributed by atoms with Crippen molar-refractivity contribution in [3.05, 3.63) is 34.4 Å². The van der Waals surface area contributed by atoms with Crippen molar-refractivity contribution in [1.82, 2.24) is 0 Å². The molecule has 2 amide bonds. The highest BCUT2D eigenvalue weighted by atomic mass is 32.1. The van der Waals surface area contributed by atoms with Gasteiger partial charge in [0.1, 0.15) is 5.69 Å². The summed E-state index contributed by atoms with van der Waals surface area (Å²) in [4.78, 5) is 48.2. The number of rotatable bonds is 9. The molecule has 0 bridgehead atoms. The third-order valence-electron chi connectivity index (χ3n) is 3.60. The minimum Gasteiger partial charge on any atom is -0.481 e. The first-order valence-corrected chi connectivity index (χ1v) is 9.16. The van der Waals surface area contributed by atoms with Gasteiger partial charge in [0, 0.05) is 32.5 Å². The number of aliphatic carboxylic acids is 1. The Kier molecular flexibility index (Phi) is 7.15. The van der Waals surface area contributed by atoms with Crippen LogP contribution in [0, 0.1) is 11.8 Å². The number of nitroso groups, excluding NO2 is 1. The van der Waals surface area contributed by atoms with E-state index in [9.17, 15) is 19.3 Å². The number of benzene rings is 1. The summed E-state index contributed by atoms with van der Waals surface area (Å²) >= 11 is 1.01. The molecule has 0 atom stereocenters. The lowest BCUT2D eigenvalue weighted by Gasteiger charge is -2.11. The fraction of sp³-hybridized carbons (Fsp3) is 0.294. The largest absolute Gasteiger partial charge is 0.481 e. The molecular formula is C17H20N5O5S+. The zero-order valence-corrected chi connectivity index (χ0v) is 16.1. The van der Waals surface area contributed by atoms with Crippen molar-refractivity contribution in [2.45, 2.75) is 26.7 Å². The van der Waals surface area contributed by atoms with Gasteiger partial charge in [-0.2, -0.15) is 5.32 Å². The monoisotopic (exact) mass is 406 g/mol. The highest BCUT2D eigenvalue weighted by Crippen LogP contribution is 2.28. The normalized spacial score (nSPS) is 10.2. The molecule has 2 rings (SSSR count). The number of aryl methyl sites for hydroxylation is 1. The first-order chi connectivity index (χ1) is 13.3. The van der Waals surface area contributed by atoms with Crippen molar-refractivity contribution >= 4 is 50.6 Å². The number of amides is 2. The lowest BCUT2D eigenvalue weighted by molar-refractivity contribution is -0.363. The molecule has 11 heteroatoms. The van der Waals surface area contributed by atoms with Crippen molar-refractivity contribution in [2.24, 2.45) is 5.18 Å². The van der Waals surface area contributed by atoms with E-state index in [2.05, 4.69) is 26.1 Å². The molecule has 5 N–H and O–H groups in total. The average Bonchev–Trinajstić information content (AvgIpc) is 2.97. The lowest BCUT2D eigenvalue weighted by atomic mass is 10.1. The van der Waals surface area contributed by atoms with Crippen LogP contribution in [0.3, 0.4) is 0 Å². The van der Waals surface area contributed by atoms with Gasteiger partial charge in [-0.25, -0.2) is 9.78 Å². The minimum absolute atomic E-state index is 0.0421. The predicted octanol–water partition coefficient (Wildman–Crippen LogP) is 2.76. The maximum absolute atomic E-state index is 12.6. The molecule has 1 heterocycles. The molecule has 2 aromatic rings. The number of aromatic amines is 1. The van der Waals surface area contributed by atoms with Gasteiger partial charge in [0.05, 0.1) is 11.3 Å². The first-order valence-electron chi connectivity index (χ1n) is 8.35. The molecule has 0 fully saturated rings. The molecular weight excluding hydrogens is 386 g/mol. The fourth-order valence-electron chi connectivity index (χ4n) is 2.35. The van der Waals surface area contributed by atoms with E-state index in [1.807, 2.05) is 0 Å². The zero-order valence-electron chi connectivity index (χ0n) is 15.3. The van der Waals surface area contributed by atoms with Crippen molar-refractivity contribution in [1.29, 1.82) is 0 Å². The van der Waals surface area contributed by atoms with E-state index in [0.29, 0.717) is 35.2 Å². The van der Waals surface area contributed by atoms with Crippen LogP contribution < -0.4 is 20.9 Å². The summed E-state index contributed by atoms with van der Waals surface area (Å²) in [6, 6.07) is 4.79. The van der Waals surface area contributed by atoms with Crippen LogP contribution in [0.25, 0.3) is 0 Å². The van der Waals surface area contributed by atoms with Crippen LogP contribution in [-0.2, 0) is 9.59 Å². The van der Waals surface area contributed by atoms with Gasteiger partial charge < -0.3 is 15.7 Å². The maximum Gasteiger partial charge on any atom is 0.341 e. The van der Waals surface area contributed by atoms with E-state index >= 15 is 0 Å². The van der Waals surface area contributed by atoms with Crippen LogP contribution in [0.2, 0.25) is 0 Å². The van der Waals surface area contributed by atoms with Gasteiger partial charge in [-0.15, -0.1) is 4.91 Å². The first kappa shape index (κ1) is 21.0. The second-order valence-electron chi connectivity index (χ2n) is 5.90. The number of anilines is 3. The number of aromatic nitrogens is 1. The average molecular weight is 406 g/mol. The smallest absolute Gasteiger partial charge is 0.341 e. The van der Waals surface area contributed by atoms with E-state index < -0.39 is 11.9 Å². The van der Waals surface area contributed by atoms with Gasteiger partial charge in [0.2, 0.25) is 10.9 Å². The SMILES string of the molecule is CC(=O)Nc1cc(NCCCC(=O)O)ccc1C(=O)Nc1[nH+]c(C)c(N=O)s1. The van der Waals surface area contributed by atoms with Crippen molar-refractivity contribution < 1.29 is 24.5 Å². The van der Waals surface area contributed by atoms with Crippen LogP contribution in [0.1, 0.15) is 35.8 Å². The second-order valence-corrected chi connectivity index (χ2v) is 6.90. The lowest BCUT2D eigenvalue weighted by Crippen LogP contribution is -2.20. The van der Waals surface area contributed by atoms with E-state index in [4.69, 9.17) is 5.11 Å². The zero-order chi connectivity index (χ0) is 20.7. The van der Waals surface area contributed by atoms with Crippen LogP contribution in [0.15, 0.2) is 23.4 Å². The van der Waals surface area contributed by atoms with Crippen molar-refractivity contribution in [3.8, 4) is 0 Å². The third kappa shape index (κ3) is 5.84. The Morgan fingerprint density at radius 1 is 1.25 bits per heavy atom. The number of thiazole rings is 1. The Hall–Kier alpha value is -3.34. The highest BCUT2D eigenvalue weighted by Gasteiger charge is 2.21. The van der Waals surface area contributed by atoms with Crippen LogP contribution >= 0.6 is 11.3 Å². The van der Waals surface area contributed by atoms with E-state index in [1.54, 1.807) is 25.1 Å². The topological polar surface area (TPSA) is 151 Å². The van der Waals surface area contributed by atoms with E-state index in [0.717, 1.165) is 11.3 Å². The number of carboxylic acids is 1. The molecule has 0 radical (unpaired) electrons. The molecule has 0 aliphatic rings. The molecule has 0 saturated heterocycles. The molecule has 28 heavy (non-hydrogen) atoms. The van der Waals surface area contributed by atoms with Crippen molar-refractivity contribution in [2.75, 3.05) is 22.5 Å². The molecule has 10 nitrogen and oxygen atoms in total. The van der Waals surface area contributed by atoms with Crippen molar-refractivity contribution in [3.63, 3.8) is 0 Å². The number of nitrogens with one attached hydrogen (secondary N) is 4. The van der Waals surface area contributed by atoms with Gasteiger partial charge in [-0.1, -0.05) is 0 Å². The molecule has 1 aromatic carbocycles. The Balaban J connectivity index is 2.16. The summed E-state index contributed by atoms with van der Waals surface area (Å²) in [6.07, 6.45) is 0.480. The summed E-state index contributed by atoms with van der Waals surface area (Å²) in [5, 5.41) is 20.4. The number of carboxylic acid groups (broad SMARTS) is 1. The Morgan fingerprint density at radius 3 is 2.61 bits per heavy atom. The number of H-pyrrole nitrogens is 1. The fourth-order valence-corrected chi connectivity index (χ4v) is 3.14. The Morgan fingerprint density at radius 2 is 2.00 bits per heavy atom. The van der Waals surface area contributed by atoms with Gasteiger partial charge in [-0.05, 0) is 41.1 Å². The van der Waals surface area contributed by atoms with Gasteiger partial charge in [-0.3, -0.25) is 9.59 Å². The Labute approximate surface area is 164 Å². The number of carbonyl (C=O) groups excluding carboxylic acids is 2. The van der Waals surface area contributed by atoms with Gasteiger partial charge >= 0.3 is 17.0 Å². The van der Waals surface area contributed by atoms with Crippen LogP contribution in [0.5, 0.6) is 0 Å². The maximum atomic E-state index is 12.6. The van der Waals surface area contributed by atoms with Crippen LogP contribution in [0.4, 0.5) is 21.5 Å². The van der Waals surface area contributed by atoms with Gasteiger partial charge in [0.15, 0.2) is 0 Å². The van der Waals surface area contributed by atoms with E-state index in [1.165, 1.54) is 6.92 Å². The molecule has 1 aromatic heterocycles. The summed E-state index contributed by atoms with van der Waals surface area (Å²) in [5.41, 5.74) is 1.71. The standard InChI is InChI=1S/C17H19N5O5S/c1-9-16(22-27)28-17(19-9)21-15(26)12-6-5-11(8-13(12)20-10(2)23)18-7-3-4-14(24)25/h5-6,8,18H,3-4,7H2,1-2H3,(H,20,23)(H,24,25)(H,19,21,26)/p+1. The summed E-state index contributed by atoms with van der Waals surface area (Å²) in [7, 11) is 0. The molecule has 148 valence electrons. The highest BCUT2D eigenvalue weighted by molar-refractivity contribution is 7.19. The van der Waals surface area contributed by atoms with E-state index in [-0.39, 0.29) is 22.9 Å². The summed E-state index contributed by atoms with van der Waals surface area (Å²) in [5.74, 6) is -1.69. The molecule has 0 saturated carbocycles. The second kappa shape index (κ2) is 9.55. The molecule has 0 aliphatic heterocycles. The summed E-state index contributed by atoms with van der Waals surface area (Å²) in [6.45, 7) is 3.42. The number of carbonyl (C=O) groups is 3. The molecule has 0 aliphatic carbocycles. The minimum atomic E-state index is -0.874. The number of nitrogens with zero attached hydrogens (tertiary/aromatic N) is 1. The number of hydrogen-bond donors (Lipinski definition) is 4. The predicted molar refractivity (Wildman–Crippen MR) is 105 cm³/mol. The Bertz CT molecular complexity index is 911. The van der Waals surface area contributed by atoms with Gasteiger partial charge in [0.25, 0.3) is 0 Å². The van der Waals surface area contributed by atoms with Crippen LogP contribution in [-0.4, -0.2) is 29.4 Å².